The van der Waals surface area contributed by atoms with Gasteiger partial charge in [-0.15, -0.1) is 0 Å². The molecular weight excluding hydrogens is 278 g/mol. The van der Waals surface area contributed by atoms with Gasteiger partial charge in [-0.1, -0.05) is 6.42 Å². The van der Waals surface area contributed by atoms with Gasteiger partial charge in [0, 0.05) is 12.6 Å². The summed E-state index contributed by atoms with van der Waals surface area (Å²) in [5.74, 6) is 0.0781. The molecule has 0 saturated carbocycles. The second-order valence-electron chi connectivity index (χ2n) is 5.11. The molecule has 0 aliphatic carbocycles. The maximum Gasteiger partial charge on any atom is 0.262 e. The predicted molar refractivity (Wildman–Crippen MR) is 78.4 cm³/mol. The third-order valence-electron chi connectivity index (χ3n) is 3.73. The molecule has 1 aliphatic rings. The van der Waals surface area contributed by atoms with Crippen LogP contribution in [-0.4, -0.2) is 27.7 Å². The normalized spacial score (nSPS) is 19.9. The summed E-state index contributed by atoms with van der Waals surface area (Å²) in [5, 5.41) is 13.5. The molecule has 1 saturated heterocycles. The largest absolute Gasteiger partial charge is 0.508 e. The fourth-order valence-corrected chi connectivity index (χ4v) is 3.00. The number of benzene rings is 1. The molecule has 0 bridgehead atoms. The van der Waals surface area contributed by atoms with Gasteiger partial charge in [-0.2, -0.15) is 0 Å². The number of hydrogen-bond acceptors (Lipinski definition) is 4. The van der Waals surface area contributed by atoms with E-state index in [-0.39, 0.29) is 22.6 Å². The van der Waals surface area contributed by atoms with Gasteiger partial charge in [0.15, 0.2) is 0 Å². The third-order valence-corrected chi connectivity index (χ3v) is 3.99. The molecule has 106 valence electrons. The summed E-state index contributed by atoms with van der Waals surface area (Å²) >= 11 is 6.19. The summed E-state index contributed by atoms with van der Waals surface area (Å²) in [6, 6.07) is 4.58. The van der Waals surface area contributed by atoms with E-state index in [1.807, 2.05) is 0 Å². The Morgan fingerprint density at radius 2 is 2.25 bits per heavy atom. The SMILES string of the molecule is O=c1c2ccc(O)cc2nc(Cl)n1C1CCCCNC1. The summed E-state index contributed by atoms with van der Waals surface area (Å²) < 4.78 is 1.57. The van der Waals surface area contributed by atoms with Gasteiger partial charge in [0.1, 0.15) is 5.75 Å². The first-order valence-corrected chi connectivity index (χ1v) is 7.16. The van der Waals surface area contributed by atoms with Crippen LogP contribution in [0.25, 0.3) is 10.9 Å². The predicted octanol–water partition coefficient (Wildman–Crippen LogP) is 2.07. The van der Waals surface area contributed by atoms with E-state index in [0.29, 0.717) is 10.9 Å². The van der Waals surface area contributed by atoms with E-state index in [9.17, 15) is 9.90 Å². The molecule has 1 atom stereocenters. The smallest absolute Gasteiger partial charge is 0.262 e. The van der Waals surface area contributed by atoms with Crippen LogP contribution in [0.5, 0.6) is 5.75 Å². The van der Waals surface area contributed by atoms with Crippen molar-refractivity contribution in [1.82, 2.24) is 14.9 Å². The monoisotopic (exact) mass is 293 g/mol. The average Bonchev–Trinajstić information content (AvgIpc) is 2.67. The highest BCUT2D eigenvalue weighted by molar-refractivity contribution is 6.28. The molecular formula is C14H16ClN3O2. The number of nitrogens with one attached hydrogen (secondary N) is 1. The highest BCUT2D eigenvalue weighted by atomic mass is 35.5. The van der Waals surface area contributed by atoms with E-state index in [4.69, 9.17) is 11.6 Å². The molecule has 6 heteroatoms. The Hall–Kier alpha value is -1.59. The quantitative estimate of drug-likeness (QED) is 0.790. The minimum Gasteiger partial charge on any atom is -0.508 e. The zero-order chi connectivity index (χ0) is 14.1. The molecule has 0 spiro atoms. The van der Waals surface area contributed by atoms with E-state index in [2.05, 4.69) is 10.3 Å². The van der Waals surface area contributed by atoms with Crippen LogP contribution in [0.4, 0.5) is 0 Å². The molecule has 2 heterocycles. The Labute approximate surface area is 121 Å². The van der Waals surface area contributed by atoms with Gasteiger partial charge in [-0.3, -0.25) is 9.36 Å². The Balaban J connectivity index is 2.15. The molecule has 1 aromatic heterocycles. The molecule has 1 fully saturated rings. The lowest BCUT2D eigenvalue weighted by atomic mass is 10.1. The summed E-state index contributed by atoms with van der Waals surface area (Å²) in [6.07, 6.45) is 3.09. The Morgan fingerprint density at radius 3 is 3.10 bits per heavy atom. The number of hydrogen-bond donors (Lipinski definition) is 2. The maximum atomic E-state index is 12.6. The molecule has 20 heavy (non-hydrogen) atoms. The molecule has 0 amide bonds. The van der Waals surface area contributed by atoms with Gasteiger partial charge < -0.3 is 10.4 Å². The Bertz CT molecular complexity index is 691. The van der Waals surface area contributed by atoms with Gasteiger partial charge in [-0.25, -0.2) is 4.98 Å². The minimum atomic E-state index is -0.145. The lowest BCUT2D eigenvalue weighted by molar-refractivity contribution is 0.447. The molecule has 1 unspecified atom stereocenters. The Kier molecular flexibility index (Phi) is 3.63. The van der Waals surface area contributed by atoms with Gasteiger partial charge in [0.2, 0.25) is 5.28 Å². The summed E-state index contributed by atoms with van der Waals surface area (Å²) in [6.45, 7) is 1.70. The van der Waals surface area contributed by atoms with Crippen molar-refractivity contribution in [1.29, 1.82) is 0 Å². The number of phenols is 1. The zero-order valence-corrected chi connectivity index (χ0v) is 11.7. The molecule has 5 nitrogen and oxygen atoms in total. The molecule has 2 N–H and O–H groups in total. The topological polar surface area (TPSA) is 67.1 Å². The molecule has 1 aromatic carbocycles. The fraction of sp³-hybridized carbons (Fsp3) is 0.429. The van der Waals surface area contributed by atoms with Gasteiger partial charge >= 0.3 is 0 Å². The number of phenolic OH excluding ortho intramolecular Hbond substituents is 1. The number of halogens is 1. The van der Waals surface area contributed by atoms with Crippen LogP contribution in [-0.2, 0) is 0 Å². The summed E-state index contributed by atoms with van der Waals surface area (Å²) in [5.41, 5.74) is 0.284. The minimum absolute atomic E-state index is 0.0307. The molecule has 2 aromatic rings. The highest BCUT2D eigenvalue weighted by Gasteiger charge is 2.19. The highest BCUT2D eigenvalue weighted by Crippen LogP contribution is 2.22. The van der Waals surface area contributed by atoms with E-state index in [0.717, 1.165) is 32.4 Å². The van der Waals surface area contributed by atoms with Crippen LogP contribution in [0, 0.1) is 0 Å². The standard InChI is InChI=1S/C14H16ClN3O2/c15-14-17-12-7-10(19)4-5-11(12)13(20)18(14)9-3-1-2-6-16-8-9/h4-5,7,9,16,19H,1-3,6,8H2. The van der Waals surface area contributed by atoms with Crippen molar-refractivity contribution >= 4 is 22.5 Å². The summed E-state index contributed by atoms with van der Waals surface area (Å²) in [7, 11) is 0. The molecule has 0 radical (unpaired) electrons. The first-order chi connectivity index (χ1) is 9.66. The fourth-order valence-electron chi connectivity index (χ4n) is 2.70. The first-order valence-electron chi connectivity index (χ1n) is 6.78. The third kappa shape index (κ3) is 2.39. The van der Waals surface area contributed by atoms with Crippen molar-refractivity contribution in [2.24, 2.45) is 0 Å². The second kappa shape index (κ2) is 5.42. The van der Waals surface area contributed by atoms with Crippen LogP contribution in [0.1, 0.15) is 25.3 Å². The van der Waals surface area contributed by atoms with Crippen molar-refractivity contribution < 1.29 is 5.11 Å². The van der Waals surface area contributed by atoms with Crippen molar-refractivity contribution in [3.05, 3.63) is 33.8 Å². The zero-order valence-electron chi connectivity index (χ0n) is 11.0. The molecule has 3 rings (SSSR count). The summed E-state index contributed by atoms with van der Waals surface area (Å²) in [4.78, 5) is 16.8. The number of aromatic nitrogens is 2. The van der Waals surface area contributed by atoms with Crippen LogP contribution in [0.15, 0.2) is 23.0 Å². The van der Waals surface area contributed by atoms with Crippen LogP contribution < -0.4 is 10.9 Å². The van der Waals surface area contributed by atoms with E-state index >= 15 is 0 Å². The van der Waals surface area contributed by atoms with Crippen molar-refractivity contribution in [3.8, 4) is 5.75 Å². The first kappa shape index (κ1) is 13.4. The van der Waals surface area contributed by atoms with Crippen LogP contribution in [0.3, 0.4) is 0 Å². The van der Waals surface area contributed by atoms with Gasteiger partial charge in [0.25, 0.3) is 5.56 Å². The van der Waals surface area contributed by atoms with Crippen LogP contribution in [0.2, 0.25) is 5.28 Å². The van der Waals surface area contributed by atoms with Crippen molar-refractivity contribution in [2.45, 2.75) is 25.3 Å². The second-order valence-corrected chi connectivity index (χ2v) is 5.45. The van der Waals surface area contributed by atoms with Gasteiger partial charge in [0.05, 0.1) is 16.9 Å². The number of nitrogens with zero attached hydrogens (tertiary/aromatic N) is 2. The van der Waals surface area contributed by atoms with Crippen molar-refractivity contribution in [2.75, 3.05) is 13.1 Å². The number of rotatable bonds is 1. The van der Waals surface area contributed by atoms with Crippen LogP contribution >= 0.6 is 11.6 Å². The maximum absolute atomic E-state index is 12.6. The van der Waals surface area contributed by atoms with E-state index in [1.165, 1.54) is 12.1 Å². The van der Waals surface area contributed by atoms with E-state index < -0.39 is 0 Å². The number of aromatic hydroxyl groups is 1. The van der Waals surface area contributed by atoms with Crippen molar-refractivity contribution in [3.63, 3.8) is 0 Å². The van der Waals surface area contributed by atoms with Gasteiger partial charge in [-0.05, 0) is 43.1 Å². The lowest BCUT2D eigenvalue weighted by Crippen LogP contribution is -2.32. The molecule has 1 aliphatic heterocycles. The number of fused-ring (bicyclic) bond motifs is 1. The lowest BCUT2D eigenvalue weighted by Gasteiger charge is -2.19. The van der Waals surface area contributed by atoms with E-state index in [1.54, 1.807) is 10.6 Å². The average molecular weight is 294 g/mol. The Morgan fingerprint density at radius 1 is 1.40 bits per heavy atom.